The van der Waals surface area contributed by atoms with Crippen molar-refractivity contribution in [1.29, 1.82) is 0 Å². The van der Waals surface area contributed by atoms with Gasteiger partial charge in [0.1, 0.15) is 7.14 Å². The average Bonchev–Trinajstić information content (AvgIpc) is 2.06. The van der Waals surface area contributed by atoms with Crippen LogP contribution in [-0.2, 0) is 4.57 Å². The first-order chi connectivity index (χ1) is 6.73. The van der Waals surface area contributed by atoms with Crippen LogP contribution in [0.15, 0.2) is 12.1 Å². The number of halogens is 1. The predicted molar refractivity (Wildman–Crippen MR) is 58.9 cm³/mol. The summed E-state index contributed by atoms with van der Waals surface area (Å²) in [5.74, 6) is -0.572. The normalized spacial score (nSPS) is 11.4. The van der Waals surface area contributed by atoms with Gasteiger partial charge in [-0.3, -0.25) is 10.1 Å². The van der Waals surface area contributed by atoms with Crippen LogP contribution >= 0.6 is 18.7 Å². The predicted octanol–water partition coefficient (Wildman–Crippen LogP) is 2.20. The van der Waals surface area contributed by atoms with Gasteiger partial charge in [-0.05, 0) is 19.4 Å². The van der Waals surface area contributed by atoms with Crippen LogP contribution in [0.1, 0.15) is 0 Å². The van der Waals surface area contributed by atoms with Crippen molar-refractivity contribution < 1.29 is 14.6 Å². The first-order valence-electron chi connectivity index (χ1n) is 3.96. The Morgan fingerprint density at radius 1 is 1.47 bits per heavy atom. The SMILES string of the molecule is CP(C)(=O)c1cc(Cl)cc([N+](=O)[O-])c1O. The van der Waals surface area contributed by atoms with Gasteiger partial charge in [0.15, 0.2) is 0 Å². The number of phenolic OH excluding ortho intramolecular Hbond substituents is 1. The van der Waals surface area contributed by atoms with Crippen LogP contribution in [-0.4, -0.2) is 23.4 Å². The number of phenols is 1. The van der Waals surface area contributed by atoms with Gasteiger partial charge in [-0.1, -0.05) is 11.6 Å². The van der Waals surface area contributed by atoms with Crippen molar-refractivity contribution >= 4 is 29.7 Å². The Morgan fingerprint density at radius 3 is 2.40 bits per heavy atom. The maximum atomic E-state index is 11.7. The lowest BCUT2D eigenvalue weighted by atomic mass is 10.3. The van der Waals surface area contributed by atoms with Crippen molar-refractivity contribution in [2.24, 2.45) is 0 Å². The molecule has 1 aromatic carbocycles. The van der Waals surface area contributed by atoms with Crippen molar-refractivity contribution in [2.75, 3.05) is 13.3 Å². The minimum Gasteiger partial charge on any atom is -0.502 e. The number of hydrogen-bond acceptors (Lipinski definition) is 4. The van der Waals surface area contributed by atoms with Crippen molar-refractivity contribution in [3.63, 3.8) is 0 Å². The van der Waals surface area contributed by atoms with Crippen LogP contribution in [0.3, 0.4) is 0 Å². The number of rotatable bonds is 2. The number of benzene rings is 1. The molecule has 0 bridgehead atoms. The fourth-order valence-electron chi connectivity index (χ4n) is 1.12. The van der Waals surface area contributed by atoms with E-state index >= 15 is 0 Å². The molecule has 0 radical (unpaired) electrons. The third-order valence-electron chi connectivity index (χ3n) is 1.81. The molecule has 15 heavy (non-hydrogen) atoms. The van der Waals surface area contributed by atoms with E-state index in [9.17, 15) is 19.8 Å². The Kier molecular flexibility index (Phi) is 3.07. The van der Waals surface area contributed by atoms with E-state index in [2.05, 4.69) is 0 Å². The molecule has 1 N–H and O–H groups in total. The Hall–Kier alpha value is -1.06. The summed E-state index contributed by atoms with van der Waals surface area (Å²) in [6.07, 6.45) is 0. The smallest absolute Gasteiger partial charge is 0.312 e. The molecule has 82 valence electrons. The molecule has 0 unspecified atom stereocenters. The minimum atomic E-state index is -2.79. The molecule has 0 saturated carbocycles. The molecule has 0 aromatic heterocycles. The van der Waals surface area contributed by atoms with Crippen LogP contribution in [0.2, 0.25) is 5.02 Å². The van der Waals surface area contributed by atoms with E-state index < -0.39 is 23.5 Å². The number of nitro groups is 1. The molecule has 0 heterocycles. The molecular weight excluding hydrogens is 241 g/mol. The van der Waals surface area contributed by atoms with E-state index in [-0.39, 0.29) is 10.3 Å². The Bertz CT molecular complexity index is 468. The topological polar surface area (TPSA) is 80.4 Å². The van der Waals surface area contributed by atoms with Crippen LogP contribution in [0.25, 0.3) is 0 Å². The van der Waals surface area contributed by atoms with E-state index in [0.29, 0.717) is 0 Å². The van der Waals surface area contributed by atoms with Crippen LogP contribution in [0.4, 0.5) is 5.69 Å². The molecule has 1 rings (SSSR count). The zero-order chi connectivity index (χ0) is 11.8. The standard InChI is InChI=1S/C8H9ClNO4P/c1-15(2,14)7-4-5(9)3-6(8(7)11)10(12)13/h3-4,11H,1-2H3. The largest absolute Gasteiger partial charge is 0.502 e. The van der Waals surface area contributed by atoms with Gasteiger partial charge < -0.3 is 9.67 Å². The summed E-state index contributed by atoms with van der Waals surface area (Å²) in [4.78, 5) is 9.79. The molecule has 0 aliphatic rings. The first kappa shape index (κ1) is 12.0. The van der Waals surface area contributed by atoms with Gasteiger partial charge in [-0.15, -0.1) is 0 Å². The van der Waals surface area contributed by atoms with Crippen LogP contribution in [0.5, 0.6) is 5.75 Å². The lowest BCUT2D eigenvalue weighted by molar-refractivity contribution is -0.385. The lowest BCUT2D eigenvalue weighted by Gasteiger charge is -2.09. The summed E-state index contributed by atoms with van der Waals surface area (Å²) < 4.78 is 11.7. The zero-order valence-corrected chi connectivity index (χ0v) is 9.75. The summed E-state index contributed by atoms with van der Waals surface area (Å²) in [6.45, 7) is 2.81. The summed E-state index contributed by atoms with van der Waals surface area (Å²) >= 11 is 5.64. The fourth-order valence-corrected chi connectivity index (χ4v) is 2.48. The maximum Gasteiger partial charge on any atom is 0.312 e. The maximum absolute atomic E-state index is 11.7. The van der Waals surface area contributed by atoms with Crippen molar-refractivity contribution in [1.82, 2.24) is 0 Å². The molecule has 7 heteroatoms. The molecule has 0 amide bonds. The van der Waals surface area contributed by atoms with Gasteiger partial charge in [0.2, 0.25) is 5.75 Å². The molecule has 0 atom stereocenters. The lowest BCUT2D eigenvalue weighted by Crippen LogP contribution is -2.06. The summed E-state index contributed by atoms with van der Waals surface area (Å²) in [5, 5.41) is 20.2. The molecule has 0 fully saturated rings. The van der Waals surface area contributed by atoms with E-state index in [4.69, 9.17) is 11.6 Å². The molecule has 0 aliphatic heterocycles. The molecule has 1 aromatic rings. The van der Waals surface area contributed by atoms with Gasteiger partial charge in [0, 0.05) is 11.1 Å². The fraction of sp³-hybridized carbons (Fsp3) is 0.250. The van der Waals surface area contributed by atoms with E-state index in [1.54, 1.807) is 0 Å². The Morgan fingerprint density at radius 2 is 2.00 bits per heavy atom. The summed E-state index contributed by atoms with van der Waals surface area (Å²) in [5.41, 5.74) is -0.526. The van der Waals surface area contributed by atoms with E-state index in [1.165, 1.54) is 19.4 Å². The van der Waals surface area contributed by atoms with Crippen LogP contribution < -0.4 is 5.30 Å². The van der Waals surface area contributed by atoms with Gasteiger partial charge in [0.25, 0.3) is 0 Å². The second-order valence-corrected chi connectivity index (χ2v) is 7.02. The van der Waals surface area contributed by atoms with Gasteiger partial charge in [-0.25, -0.2) is 0 Å². The average molecular weight is 250 g/mol. The number of hydrogen-bond donors (Lipinski definition) is 1. The molecule has 0 saturated heterocycles. The highest BCUT2D eigenvalue weighted by molar-refractivity contribution is 7.70. The second kappa shape index (κ2) is 3.83. The molecular formula is C8H9ClNO4P. The minimum absolute atomic E-state index is 0.0294. The highest BCUT2D eigenvalue weighted by Crippen LogP contribution is 2.42. The van der Waals surface area contributed by atoms with E-state index in [1.807, 2.05) is 0 Å². The monoisotopic (exact) mass is 249 g/mol. The van der Waals surface area contributed by atoms with Gasteiger partial charge in [0.05, 0.1) is 10.2 Å². The third-order valence-corrected chi connectivity index (χ3v) is 3.53. The van der Waals surface area contributed by atoms with Gasteiger partial charge in [-0.2, -0.15) is 0 Å². The van der Waals surface area contributed by atoms with Crippen molar-refractivity contribution in [3.8, 4) is 5.75 Å². The number of aromatic hydroxyl groups is 1. The third kappa shape index (κ3) is 2.49. The first-order valence-corrected chi connectivity index (χ1v) is 6.94. The highest BCUT2D eigenvalue weighted by Gasteiger charge is 2.25. The van der Waals surface area contributed by atoms with Gasteiger partial charge >= 0.3 is 5.69 Å². The zero-order valence-electron chi connectivity index (χ0n) is 8.10. The molecule has 0 spiro atoms. The van der Waals surface area contributed by atoms with Crippen molar-refractivity contribution in [3.05, 3.63) is 27.3 Å². The molecule has 0 aliphatic carbocycles. The summed E-state index contributed by atoms with van der Waals surface area (Å²) in [7, 11) is -2.79. The van der Waals surface area contributed by atoms with E-state index in [0.717, 1.165) is 6.07 Å². The molecule has 5 nitrogen and oxygen atoms in total. The number of nitro benzene ring substituents is 1. The van der Waals surface area contributed by atoms with Crippen LogP contribution in [0, 0.1) is 10.1 Å². The quantitative estimate of drug-likeness (QED) is 0.495. The number of nitrogens with zero attached hydrogens (tertiary/aromatic N) is 1. The second-order valence-electron chi connectivity index (χ2n) is 3.40. The Labute approximate surface area is 91.2 Å². The van der Waals surface area contributed by atoms with Crippen molar-refractivity contribution in [2.45, 2.75) is 0 Å². The summed E-state index contributed by atoms with van der Waals surface area (Å²) in [6, 6.07) is 2.31. The Balaban J connectivity index is 3.56. The highest BCUT2D eigenvalue weighted by atomic mass is 35.5.